The van der Waals surface area contributed by atoms with Gasteiger partial charge < -0.3 is 10.6 Å². The number of rotatable bonds is 8. The Morgan fingerprint density at radius 1 is 1.20 bits per heavy atom. The Labute approximate surface area is 149 Å². The van der Waals surface area contributed by atoms with Crippen molar-refractivity contribution in [1.82, 2.24) is 9.97 Å². The van der Waals surface area contributed by atoms with Gasteiger partial charge in [0.1, 0.15) is 5.82 Å². The quantitative estimate of drug-likeness (QED) is 0.664. The van der Waals surface area contributed by atoms with Gasteiger partial charge in [-0.05, 0) is 44.4 Å². The number of benzene rings is 1. The van der Waals surface area contributed by atoms with Gasteiger partial charge in [0, 0.05) is 24.3 Å². The van der Waals surface area contributed by atoms with Gasteiger partial charge in [0.15, 0.2) is 0 Å². The van der Waals surface area contributed by atoms with Crippen molar-refractivity contribution < 1.29 is 8.42 Å². The molecule has 136 valence electrons. The average Bonchev–Trinajstić information content (AvgIpc) is 2.54. The Morgan fingerprint density at radius 2 is 1.88 bits per heavy atom. The molecule has 1 heterocycles. The second kappa shape index (κ2) is 8.26. The van der Waals surface area contributed by atoms with Crippen molar-refractivity contribution in [3.63, 3.8) is 0 Å². The third-order valence-corrected chi connectivity index (χ3v) is 4.74. The molecule has 8 heteroatoms. The minimum absolute atomic E-state index is 0.122. The van der Waals surface area contributed by atoms with Crippen LogP contribution in [0.2, 0.25) is 0 Å². The van der Waals surface area contributed by atoms with Gasteiger partial charge in [-0.1, -0.05) is 19.1 Å². The smallest absolute Gasteiger partial charge is 0.238 e. The first-order chi connectivity index (χ1) is 11.8. The van der Waals surface area contributed by atoms with Crippen LogP contribution in [0.3, 0.4) is 0 Å². The summed E-state index contributed by atoms with van der Waals surface area (Å²) < 4.78 is 22.5. The zero-order chi connectivity index (χ0) is 18.4. The highest BCUT2D eigenvalue weighted by Crippen LogP contribution is 2.12. The van der Waals surface area contributed by atoms with Crippen molar-refractivity contribution in [2.45, 2.75) is 44.6 Å². The van der Waals surface area contributed by atoms with Crippen molar-refractivity contribution in [3.8, 4) is 0 Å². The summed E-state index contributed by atoms with van der Waals surface area (Å²) in [5.41, 5.74) is 1.91. The SMILES string of the molecule is CCC(C)Nc1nc(C)cc(NCCc2ccc(S(N)(=O)=O)cc2)n1. The van der Waals surface area contributed by atoms with Gasteiger partial charge in [-0.25, -0.2) is 18.5 Å². The second-order valence-corrected chi connectivity index (χ2v) is 7.60. The molecule has 4 N–H and O–H groups in total. The van der Waals surface area contributed by atoms with E-state index < -0.39 is 10.0 Å². The molecule has 0 radical (unpaired) electrons. The third-order valence-electron chi connectivity index (χ3n) is 3.81. The van der Waals surface area contributed by atoms with Gasteiger partial charge in [-0.3, -0.25) is 0 Å². The summed E-state index contributed by atoms with van der Waals surface area (Å²) in [4.78, 5) is 8.98. The molecule has 1 aromatic heterocycles. The molecule has 1 aromatic carbocycles. The van der Waals surface area contributed by atoms with Gasteiger partial charge in [0.05, 0.1) is 4.90 Å². The maximum atomic E-state index is 11.3. The molecule has 2 rings (SSSR count). The fourth-order valence-corrected chi connectivity index (χ4v) is 2.74. The lowest BCUT2D eigenvalue weighted by atomic mass is 10.1. The molecule has 25 heavy (non-hydrogen) atoms. The Hall–Kier alpha value is -2.19. The van der Waals surface area contributed by atoms with Gasteiger partial charge in [-0.15, -0.1) is 0 Å². The van der Waals surface area contributed by atoms with Crippen LogP contribution in [0.1, 0.15) is 31.5 Å². The summed E-state index contributed by atoms with van der Waals surface area (Å²) in [5, 5.41) is 11.6. The predicted molar refractivity (Wildman–Crippen MR) is 100 cm³/mol. The predicted octanol–water partition coefficient (Wildman–Crippen LogP) is 2.30. The zero-order valence-electron chi connectivity index (χ0n) is 14.8. The van der Waals surface area contributed by atoms with E-state index in [1.54, 1.807) is 12.1 Å². The summed E-state index contributed by atoms with van der Waals surface area (Å²) in [6.45, 7) is 6.80. The van der Waals surface area contributed by atoms with Crippen molar-refractivity contribution in [2.24, 2.45) is 5.14 Å². The molecule has 1 atom stereocenters. The number of primary sulfonamides is 1. The lowest BCUT2D eigenvalue weighted by molar-refractivity contribution is 0.598. The van der Waals surface area contributed by atoms with Crippen LogP contribution in [-0.2, 0) is 16.4 Å². The topological polar surface area (TPSA) is 110 Å². The number of hydrogen-bond donors (Lipinski definition) is 3. The van der Waals surface area contributed by atoms with Gasteiger partial charge in [-0.2, -0.15) is 4.98 Å². The summed E-state index contributed by atoms with van der Waals surface area (Å²) in [5.74, 6) is 1.38. The lowest BCUT2D eigenvalue weighted by Gasteiger charge is -2.13. The summed E-state index contributed by atoms with van der Waals surface area (Å²) in [7, 11) is -3.64. The molecular formula is C17H25N5O2S. The van der Waals surface area contributed by atoms with E-state index in [1.165, 1.54) is 12.1 Å². The van der Waals surface area contributed by atoms with Gasteiger partial charge >= 0.3 is 0 Å². The van der Waals surface area contributed by atoms with E-state index in [1.807, 2.05) is 13.0 Å². The maximum Gasteiger partial charge on any atom is 0.238 e. The first-order valence-corrected chi connectivity index (χ1v) is 9.80. The minimum Gasteiger partial charge on any atom is -0.370 e. The summed E-state index contributed by atoms with van der Waals surface area (Å²) in [6.07, 6.45) is 1.73. The molecule has 0 aliphatic carbocycles. The fourth-order valence-electron chi connectivity index (χ4n) is 2.23. The molecular weight excluding hydrogens is 338 g/mol. The molecule has 0 fully saturated rings. The number of hydrogen-bond acceptors (Lipinski definition) is 6. The van der Waals surface area contributed by atoms with E-state index in [-0.39, 0.29) is 4.90 Å². The van der Waals surface area contributed by atoms with Crippen LogP contribution in [0.4, 0.5) is 11.8 Å². The van der Waals surface area contributed by atoms with E-state index in [4.69, 9.17) is 5.14 Å². The molecule has 2 aromatic rings. The molecule has 0 aliphatic heterocycles. The molecule has 0 saturated heterocycles. The zero-order valence-corrected chi connectivity index (χ0v) is 15.6. The standard InChI is InChI=1S/C17H25N5O2S/c1-4-12(2)20-17-21-13(3)11-16(22-17)19-10-9-14-5-7-15(8-6-14)25(18,23)24/h5-8,11-12H,4,9-10H2,1-3H3,(H2,18,23,24)(H2,19,20,21,22). The van der Waals surface area contributed by atoms with Crippen LogP contribution < -0.4 is 15.8 Å². The Kier molecular flexibility index (Phi) is 6.33. The van der Waals surface area contributed by atoms with Crippen molar-refractivity contribution in [2.75, 3.05) is 17.2 Å². The van der Waals surface area contributed by atoms with E-state index >= 15 is 0 Å². The van der Waals surface area contributed by atoms with E-state index in [0.717, 1.165) is 29.9 Å². The number of aromatic nitrogens is 2. The van der Waals surface area contributed by atoms with Crippen LogP contribution >= 0.6 is 0 Å². The Balaban J connectivity index is 1.95. The molecule has 7 nitrogen and oxygen atoms in total. The molecule has 0 amide bonds. The van der Waals surface area contributed by atoms with E-state index in [2.05, 4.69) is 34.4 Å². The number of nitrogens with one attached hydrogen (secondary N) is 2. The molecule has 0 bridgehead atoms. The largest absolute Gasteiger partial charge is 0.370 e. The number of nitrogens with zero attached hydrogens (tertiary/aromatic N) is 2. The third kappa shape index (κ3) is 5.99. The van der Waals surface area contributed by atoms with Crippen molar-refractivity contribution in [1.29, 1.82) is 0 Å². The normalized spacial score (nSPS) is 12.6. The molecule has 0 spiro atoms. The van der Waals surface area contributed by atoms with E-state index in [0.29, 0.717) is 18.5 Å². The summed E-state index contributed by atoms with van der Waals surface area (Å²) in [6, 6.07) is 8.78. The average molecular weight is 363 g/mol. The molecule has 1 unspecified atom stereocenters. The fraction of sp³-hybridized carbons (Fsp3) is 0.412. The highest BCUT2D eigenvalue weighted by Gasteiger charge is 2.07. The van der Waals surface area contributed by atoms with Gasteiger partial charge in [0.2, 0.25) is 16.0 Å². The highest BCUT2D eigenvalue weighted by molar-refractivity contribution is 7.89. The Morgan fingerprint density at radius 3 is 2.48 bits per heavy atom. The second-order valence-electron chi connectivity index (χ2n) is 6.04. The first-order valence-electron chi connectivity index (χ1n) is 8.25. The number of aryl methyl sites for hydroxylation is 1. The van der Waals surface area contributed by atoms with Crippen LogP contribution in [0.25, 0.3) is 0 Å². The Bertz CT molecular complexity index is 806. The number of anilines is 2. The molecule has 0 saturated carbocycles. The minimum atomic E-state index is -3.64. The number of nitrogens with two attached hydrogens (primary N) is 1. The van der Waals surface area contributed by atoms with Crippen LogP contribution in [-0.4, -0.2) is 31.0 Å². The first kappa shape index (κ1) is 19.1. The maximum absolute atomic E-state index is 11.3. The van der Waals surface area contributed by atoms with Crippen molar-refractivity contribution in [3.05, 3.63) is 41.6 Å². The highest BCUT2D eigenvalue weighted by atomic mass is 32.2. The molecule has 0 aliphatic rings. The summed E-state index contributed by atoms with van der Waals surface area (Å²) >= 11 is 0. The van der Waals surface area contributed by atoms with E-state index in [9.17, 15) is 8.42 Å². The lowest BCUT2D eigenvalue weighted by Crippen LogP contribution is -2.17. The monoisotopic (exact) mass is 363 g/mol. The van der Waals surface area contributed by atoms with Crippen LogP contribution in [0.5, 0.6) is 0 Å². The van der Waals surface area contributed by atoms with Crippen molar-refractivity contribution >= 4 is 21.8 Å². The van der Waals surface area contributed by atoms with Crippen LogP contribution in [0, 0.1) is 6.92 Å². The number of sulfonamides is 1. The van der Waals surface area contributed by atoms with Crippen LogP contribution in [0.15, 0.2) is 35.2 Å². The van der Waals surface area contributed by atoms with Gasteiger partial charge in [0.25, 0.3) is 0 Å².